The molecule has 1 aromatic carbocycles. The lowest BCUT2D eigenvalue weighted by Crippen LogP contribution is -3.05. The molecule has 7 heteroatoms. The van der Waals surface area contributed by atoms with Gasteiger partial charge in [-0.15, -0.1) is 11.3 Å². The fourth-order valence-corrected chi connectivity index (χ4v) is 4.95. The topological polar surface area (TPSA) is 77.8 Å². The molecule has 0 saturated heterocycles. The number of nitrogens with zero attached hydrogens (tertiary/aromatic N) is 2. The molecule has 6 nitrogen and oxygen atoms in total. The van der Waals surface area contributed by atoms with Crippen LogP contribution in [0.5, 0.6) is 0 Å². The summed E-state index contributed by atoms with van der Waals surface area (Å²) < 4.78 is 0. The van der Waals surface area contributed by atoms with E-state index in [1.807, 2.05) is 31.2 Å². The molecule has 2 aromatic rings. The number of benzene rings is 1. The largest absolute Gasteiger partial charge is 0.868 e. The lowest BCUT2D eigenvalue weighted by molar-refractivity contribution is -0.858. The van der Waals surface area contributed by atoms with Crippen LogP contribution in [-0.4, -0.2) is 48.8 Å². The number of thiazole rings is 1. The van der Waals surface area contributed by atoms with Crippen LogP contribution in [0.4, 0.5) is 0 Å². The lowest BCUT2D eigenvalue weighted by Gasteiger charge is -2.28. The molecule has 3 rings (SSSR count). The molecule has 1 aromatic heterocycles. The third-order valence-electron chi connectivity index (χ3n) is 5.81. The highest BCUT2D eigenvalue weighted by molar-refractivity contribution is 7.14. The maximum Gasteiger partial charge on any atom is 0.239 e. The van der Waals surface area contributed by atoms with Gasteiger partial charge in [0.15, 0.2) is 0 Å². The number of carbonyl (C=O) groups excluding carboxylic acids is 2. The number of rotatable bonds is 7. The molecule has 0 aliphatic carbocycles. The molecule has 1 aliphatic rings. The zero-order chi connectivity index (χ0) is 23.8. The number of carbonyl (C=O) groups is 2. The van der Waals surface area contributed by atoms with Crippen LogP contribution in [0.25, 0.3) is 0 Å². The average Bonchev–Trinajstić information content (AvgIpc) is 3.17. The Morgan fingerprint density at radius 3 is 2.31 bits per heavy atom. The number of aryl methyl sites for hydroxylation is 2. The Labute approximate surface area is 194 Å². The lowest BCUT2D eigenvalue weighted by atomic mass is 9.85. The van der Waals surface area contributed by atoms with Crippen molar-refractivity contribution < 1.29 is 19.6 Å². The Morgan fingerprint density at radius 2 is 1.81 bits per heavy atom. The van der Waals surface area contributed by atoms with Crippen molar-refractivity contribution in [3.63, 3.8) is 0 Å². The van der Waals surface area contributed by atoms with Gasteiger partial charge < -0.3 is 14.9 Å². The molecule has 1 aliphatic heterocycles. The molecular weight excluding hydrogens is 422 g/mol. The molecule has 1 atom stereocenters. The van der Waals surface area contributed by atoms with Gasteiger partial charge in [0.05, 0.1) is 42.3 Å². The Bertz CT molecular complexity index is 1050. The molecular formula is C25H33N3O3S. The minimum atomic E-state index is -0.692. The summed E-state index contributed by atoms with van der Waals surface area (Å²) in [4.78, 5) is 34.1. The normalized spacial score (nSPS) is 17.1. The van der Waals surface area contributed by atoms with E-state index in [1.54, 1.807) is 11.8 Å². The third-order valence-corrected chi connectivity index (χ3v) is 6.88. The minimum absolute atomic E-state index is 0.0202. The predicted molar refractivity (Wildman–Crippen MR) is 125 cm³/mol. The van der Waals surface area contributed by atoms with E-state index in [0.717, 1.165) is 29.1 Å². The van der Waals surface area contributed by atoms with Crippen LogP contribution < -0.4 is 10.0 Å². The molecule has 2 heterocycles. The van der Waals surface area contributed by atoms with E-state index in [-0.39, 0.29) is 16.8 Å². The van der Waals surface area contributed by atoms with Gasteiger partial charge >= 0.3 is 0 Å². The molecule has 0 radical (unpaired) electrons. The predicted octanol–water partition coefficient (Wildman–Crippen LogP) is 1.97. The van der Waals surface area contributed by atoms with Crippen molar-refractivity contribution in [3.8, 4) is 0 Å². The first-order valence-corrected chi connectivity index (χ1v) is 11.8. The van der Waals surface area contributed by atoms with Crippen LogP contribution in [0.3, 0.4) is 0 Å². The number of quaternary nitrogens is 1. The molecule has 0 bridgehead atoms. The zero-order valence-electron chi connectivity index (χ0n) is 20.0. The monoisotopic (exact) mass is 455 g/mol. The SMILES string of the molecule is Cc1nc(C)c(C(=O)C2=C([O-])C(=O)N(CCC[NH+](C)C)C2c2ccc(C(C)(C)C)cc2)s1. The summed E-state index contributed by atoms with van der Waals surface area (Å²) in [5, 5.41) is 13.8. The summed E-state index contributed by atoms with van der Waals surface area (Å²) in [6.07, 6.45) is 0.748. The van der Waals surface area contributed by atoms with Gasteiger partial charge in [0, 0.05) is 18.5 Å². The van der Waals surface area contributed by atoms with Crippen LogP contribution in [0.2, 0.25) is 0 Å². The Morgan fingerprint density at radius 1 is 1.19 bits per heavy atom. The molecule has 1 unspecified atom stereocenters. The first kappa shape index (κ1) is 24.1. The maximum absolute atomic E-state index is 13.5. The van der Waals surface area contributed by atoms with Gasteiger partial charge in [-0.2, -0.15) is 0 Å². The minimum Gasteiger partial charge on any atom is -0.868 e. The van der Waals surface area contributed by atoms with E-state index in [2.05, 4.69) is 39.9 Å². The second kappa shape index (κ2) is 9.16. The molecule has 1 N–H and O–H groups in total. The van der Waals surface area contributed by atoms with Crippen molar-refractivity contribution in [1.82, 2.24) is 9.88 Å². The van der Waals surface area contributed by atoms with Crippen LogP contribution in [0.15, 0.2) is 35.6 Å². The van der Waals surface area contributed by atoms with E-state index in [1.165, 1.54) is 16.2 Å². The highest BCUT2D eigenvalue weighted by Gasteiger charge is 2.40. The van der Waals surface area contributed by atoms with E-state index < -0.39 is 17.7 Å². The quantitative estimate of drug-likeness (QED) is 0.648. The first-order valence-electron chi connectivity index (χ1n) is 11.0. The maximum atomic E-state index is 13.5. The summed E-state index contributed by atoms with van der Waals surface area (Å²) in [6.45, 7) is 11.3. The van der Waals surface area contributed by atoms with Gasteiger partial charge in [-0.3, -0.25) is 9.59 Å². The standard InChI is InChI=1S/C25H33N3O3S/c1-15-23(32-16(2)26-15)21(29)19-20(17-9-11-18(12-10-17)25(3,4)5)28(24(31)22(19)30)14-8-13-27(6)7/h9-12,20,30H,8,13-14H2,1-7H3. The number of hydrogen-bond acceptors (Lipinski definition) is 5. The van der Waals surface area contributed by atoms with Crippen molar-refractivity contribution in [2.45, 2.75) is 52.5 Å². The highest BCUT2D eigenvalue weighted by atomic mass is 32.1. The third kappa shape index (κ3) is 4.79. The summed E-state index contributed by atoms with van der Waals surface area (Å²) in [7, 11) is 4.10. The van der Waals surface area contributed by atoms with E-state index in [9.17, 15) is 14.7 Å². The highest BCUT2D eigenvalue weighted by Crippen LogP contribution is 2.40. The van der Waals surface area contributed by atoms with Crippen molar-refractivity contribution in [2.75, 3.05) is 27.2 Å². The number of hydrogen-bond donors (Lipinski definition) is 1. The van der Waals surface area contributed by atoms with E-state index >= 15 is 0 Å². The second-order valence-corrected chi connectivity index (χ2v) is 11.0. The van der Waals surface area contributed by atoms with Crippen molar-refractivity contribution in [3.05, 3.63) is 62.3 Å². The number of aromatic nitrogens is 1. The fourth-order valence-electron chi connectivity index (χ4n) is 4.08. The summed E-state index contributed by atoms with van der Waals surface area (Å²) >= 11 is 1.27. The summed E-state index contributed by atoms with van der Waals surface area (Å²) in [5.74, 6) is -1.66. The van der Waals surface area contributed by atoms with Crippen LogP contribution in [0.1, 0.15) is 64.7 Å². The first-order chi connectivity index (χ1) is 14.9. The smallest absolute Gasteiger partial charge is 0.239 e. The Balaban J connectivity index is 2.05. The van der Waals surface area contributed by atoms with Crippen LogP contribution in [-0.2, 0) is 10.2 Å². The van der Waals surface area contributed by atoms with Gasteiger partial charge in [0.1, 0.15) is 0 Å². The Kier molecular flexibility index (Phi) is 6.91. The molecule has 0 saturated carbocycles. The van der Waals surface area contributed by atoms with Crippen molar-refractivity contribution in [1.29, 1.82) is 0 Å². The molecule has 32 heavy (non-hydrogen) atoms. The second-order valence-electron chi connectivity index (χ2n) is 9.80. The van der Waals surface area contributed by atoms with Crippen LogP contribution in [0, 0.1) is 13.8 Å². The van der Waals surface area contributed by atoms with Gasteiger partial charge in [0.2, 0.25) is 11.7 Å². The fraction of sp³-hybridized carbons (Fsp3) is 0.480. The summed E-state index contributed by atoms with van der Waals surface area (Å²) in [6, 6.07) is 7.26. The van der Waals surface area contributed by atoms with E-state index in [0.29, 0.717) is 17.1 Å². The Hall–Kier alpha value is -2.51. The molecule has 172 valence electrons. The number of Topliss-reactive ketones (excluding diaryl/α,β-unsaturated/α-hetero) is 1. The van der Waals surface area contributed by atoms with Crippen molar-refractivity contribution in [2.24, 2.45) is 0 Å². The van der Waals surface area contributed by atoms with Crippen molar-refractivity contribution >= 4 is 23.0 Å². The van der Waals surface area contributed by atoms with Crippen LogP contribution >= 0.6 is 11.3 Å². The molecule has 0 spiro atoms. The summed E-state index contributed by atoms with van der Waals surface area (Å²) in [5.41, 5.74) is 2.57. The molecule has 1 amide bonds. The zero-order valence-corrected chi connectivity index (χ0v) is 20.9. The van der Waals surface area contributed by atoms with Gasteiger partial charge in [-0.25, -0.2) is 4.98 Å². The van der Waals surface area contributed by atoms with Gasteiger partial charge in [0.25, 0.3) is 0 Å². The number of nitrogens with one attached hydrogen (secondary N) is 1. The van der Waals surface area contributed by atoms with Gasteiger partial charge in [-0.1, -0.05) is 45.0 Å². The van der Waals surface area contributed by atoms with E-state index in [4.69, 9.17) is 0 Å². The number of ketones is 1. The van der Waals surface area contributed by atoms with Gasteiger partial charge in [-0.05, 0) is 36.1 Å². The molecule has 0 fully saturated rings. The average molecular weight is 456 g/mol. The number of amides is 1.